The van der Waals surface area contributed by atoms with Gasteiger partial charge in [-0.2, -0.15) is 0 Å². The molecule has 0 fully saturated rings. The lowest BCUT2D eigenvalue weighted by Gasteiger charge is -2.09. The predicted octanol–water partition coefficient (Wildman–Crippen LogP) is 3.00. The first-order chi connectivity index (χ1) is 10.0. The number of amidine groups is 1. The van der Waals surface area contributed by atoms with Crippen LogP contribution in [0.1, 0.15) is 21.5 Å². The van der Waals surface area contributed by atoms with E-state index in [9.17, 15) is 4.79 Å². The summed E-state index contributed by atoms with van der Waals surface area (Å²) in [5.41, 5.74) is 7.93. The molecule has 0 heterocycles. The van der Waals surface area contributed by atoms with E-state index in [0.717, 1.165) is 5.56 Å². The number of nitrogens with two attached hydrogens (primary N) is 1. The molecular weight excluding hydrogens is 290 g/mol. The molecule has 108 valence electrons. The summed E-state index contributed by atoms with van der Waals surface area (Å²) in [7, 11) is 0. The van der Waals surface area contributed by atoms with Crippen molar-refractivity contribution in [2.24, 2.45) is 10.9 Å². The highest BCUT2D eigenvalue weighted by molar-refractivity contribution is 6.30. The van der Waals surface area contributed by atoms with Crippen LogP contribution < -0.4 is 11.1 Å². The Hall–Kier alpha value is -2.53. The highest BCUT2D eigenvalue weighted by atomic mass is 35.5. The number of anilines is 1. The van der Waals surface area contributed by atoms with Crippen molar-refractivity contribution in [3.63, 3.8) is 0 Å². The molecule has 1 amide bonds. The van der Waals surface area contributed by atoms with E-state index in [1.807, 2.05) is 6.92 Å². The van der Waals surface area contributed by atoms with E-state index in [2.05, 4.69) is 10.5 Å². The molecule has 0 aliphatic heterocycles. The first-order valence-corrected chi connectivity index (χ1v) is 6.54. The van der Waals surface area contributed by atoms with Crippen LogP contribution in [-0.2, 0) is 0 Å². The summed E-state index contributed by atoms with van der Waals surface area (Å²) in [6, 6.07) is 11.7. The van der Waals surface area contributed by atoms with Gasteiger partial charge in [-0.05, 0) is 42.8 Å². The van der Waals surface area contributed by atoms with Crippen molar-refractivity contribution in [3.05, 3.63) is 64.2 Å². The van der Waals surface area contributed by atoms with Gasteiger partial charge in [-0.1, -0.05) is 28.9 Å². The van der Waals surface area contributed by atoms with Crippen molar-refractivity contribution in [2.75, 3.05) is 5.32 Å². The van der Waals surface area contributed by atoms with Gasteiger partial charge in [0.25, 0.3) is 5.91 Å². The summed E-state index contributed by atoms with van der Waals surface area (Å²) in [6.07, 6.45) is 0. The lowest BCUT2D eigenvalue weighted by Crippen LogP contribution is -2.16. The number of rotatable bonds is 3. The van der Waals surface area contributed by atoms with Crippen LogP contribution in [0.3, 0.4) is 0 Å². The van der Waals surface area contributed by atoms with Gasteiger partial charge in [0.1, 0.15) is 0 Å². The number of nitrogens with one attached hydrogen (secondary N) is 1. The van der Waals surface area contributed by atoms with E-state index in [-0.39, 0.29) is 11.7 Å². The van der Waals surface area contributed by atoms with Crippen LogP contribution in [0.5, 0.6) is 0 Å². The van der Waals surface area contributed by atoms with Crippen LogP contribution in [0.2, 0.25) is 5.02 Å². The van der Waals surface area contributed by atoms with Crippen LogP contribution in [0, 0.1) is 6.92 Å². The van der Waals surface area contributed by atoms with Crippen molar-refractivity contribution >= 4 is 29.0 Å². The minimum atomic E-state index is -0.284. The number of aryl methyl sites for hydroxylation is 1. The second-order valence-electron chi connectivity index (χ2n) is 4.48. The molecule has 0 saturated carbocycles. The fraction of sp³-hybridized carbons (Fsp3) is 0.0667. The highest BCUT2D eigenvalue weighted by Crippen LogP contribution is 2.20. The number of carbonyl (C=O) groups excluding carboxylic acids is 1. The normalized spacial score (nSPS) is 11.2. The standard InChI is InChI=1S/C15H14ClN3O2/c1-9-7-12(16)5-6-13(9)18-15(20)11-4-2-3-10(8-11)14(17)19-21/h2-8,21H,1H3,(H2,17,19)(H,18,20). The van der Waals surface area contributed by atoms with Gasteiger partial charge in [0, 0.05) is 21.8 Å². The van der Waals surface area contributed by atoms with Crippen LogP contribution in [0.25, 0.3) is 0 Å². The van der Waals surface area contributed by atoms with Crippen molar-refractivity contribution in [2.45, 2.75) is 6.92 Å². The molecule has 21 heavy (non-hydrogen) atoms. The Bertz CT molecular complexity index is 714. The molecule has 0 aromatic heterocycles. The Morgan fingerprint density at radius 2 is 1.95 bits per heavy atom. The Morgan fingerprint density at radius 1 is 1.24 bits per heavy atom. The first kappa shape index (κ1) is 14.9. The summed E-state index contributed by atoms with van der Waals surface area (Å²) in [5.74, 6) is -0.333. The summed E-state index contributed by atoms with van der Waals surface area (Å²) in [4.78, 5) is 12.2. The molecule has 0 saturated heterocycles. The maximum absolute atomic E-state index is 12.2. The van der Waals surface area contributed by atoms with Crippen molar-refractivity contribution in [1.82, 2.24) is 0 Å². The van der Waals surface area contributed by atoms with Crippen molar-refractivity contribution in [1.29, 1.82) is 0 Å². The van der Waals surface area contributed by atoms with Gasteiger partial charge < -0.3 is 16.3 Å². The number of hydrogen-bond donors (Lipinski definition) is 3. The topological polar surface area (TPSA) is 87.7 Å². The Kier molecular flexibility index (Phi) is 4.45. The maximum Gasteiger partial charge on any atom is 0.255 e. The third kappa shape index (κ3) is 3.52. The summed E-state index contributed by atoms with van der Waals surface area (Å²) >= 11 is 5.88. The van der Waals surface area contributed by atoms with Gasteiger partial charge in [0.15, 0.2) is 5.84 Å². The molecule has 0 unspecified atom stereocenters. The third-order valence-electron chi connectivity index (χ3n) is 2.96. The second-order valence-corrected chi connectivity index (χ2v) is 4.92. The van der Waals surface area contributed by atoms with E-state index in [1.54, 1.807) is 42.5 Å². The molecule has 6 heteroatoms. The Morgan fingerprint density at radius 3 is 2.62 bits per heavy atom. The van der Waals surface area contributed by atoms with E-state index in [0.29, 0.717) is 21.8 Å². The van der Waals surface area contributed by atoms with E-state index < -0.39 is 0 Å². The zero-order valence-electron chi connectivity index (χ0n) is 11.3. The van der Waals surface area contributed by atoms with E-state index in [1.165, 1.54) is 0 Å². The Labute approximate surface area is 127 Å². The molecule has 5 nitrogen and oxygen atoms in total. The van der Waals surface area contributed by atoms with Crippen LogP contribution in [0.15, 0.2) is 47.6 Å². The summed E-state index contributed by atoms with van der Waals surface area (Å²) in [5, 5.41) is 15.0. The second kappa shape index (κ2) is 6.28. The average Bonchev–Trinajstić information content (AvgIpc) is 2.49. The van der Waals surface area contributed by atoms with Crippen LogP contribution >= 0.6 is 11.6 Å². The monoisotopic (exact) mass is 303 g/mol. The van der Waals surface area contributed by atoms with Gasteiger partial charge in [-0.3, -0.25) is 4.79 Å². The molecule has 2 aromatic rings. The zero-order chi connectivity index (χ0) is 15.4. The van der Waals surface area contributed by atoms with Gasteiger partial charge in [-0.15, -0.1) is 0 Å². The molecule has 0 spiro atoms. The summed E-state index contributed by atoms with van der Waals surface area (Å²) < 4.78 is 0. The minimum Gasteiger partial charge on any atom is -0.409 e. The van der Waals surface area contributed by atoms with Crippen LogP contribution in [0.4, 0.5) is 5.69 Å². The molecule has 0 bridgehead atoms. The van der Waals surface area contributed by atoms with Gasteiger partial charge in [0.05, 0.1) is 0 Å². The molecule has 0 atom stereocenters. The van der Waals surface area contributed by atoms with Crippen molar-refractivity contribution < 1.29 is 10.0 Å². The number of carbonyl (C=O) groups is 1. The molecule has 2 aromatic carbocycles. The fourth-order valence-corrected chi connectivity index (χ4v) is 2.07. The number of oxime groups is 1. The highest BCUT2D eigenvalue weighted by Gasteiger charge is 2.10. The molecular formula is C15H14ClN3O2. The largest absolute Gasteiger partial charge is 0.409 e. The van der Waals surface area contributed by atoms with E-state index in [4.69, 9.17) is 22.5 Å². The fourth-order valence-electron chi connectivity index (χ4n) is 1.84. The molecule has 4 N–H and O–H groups in total. The van der Waals surface area contributed by atoms with Gasteiger partial charge in [0.2, 0.25) is 0 Å². The number of hydrogen-bond acceptors (Lipinski definition) is 3. The predicted molar refractivity (Wildman–Crippen MR) is 83.1 cm³/mol. The maximum atomic E-state index is 12.2. The molecule has 0 radical (unpaired) electrons. The quantitative estimate of drug-likeness (QED) is 0.352. The number of nitrogens with zero attached hydrogens (tertiary/aromatic N) is 1. The number of amides is 1. The number of halogens is 1. The van der Waals surface area contributed by atoms with Gasteiger partial charge >= 0.3 is 0 Å². The molecule has 0 aliphatic rings. The molecule has 0 aliphatic carbocycles. The van der Waals surface area contributed by atoms with Crippen LogP contribution in [-0.4, -0.2) is 17.0 Å². The third-order valence-corrected chi connectivity index (χ3v) is 3.20. The number of benzene rings is 2. The van der Waals surface area contributed by atoms with Gasteiger partial charge in [-0.25, -0.2) is 0 Å². The molecule has 2 rings (SSSR count). The zero-order valence-corrected chi connectivity index (χ0v) is 12.1. The lowest BCUT2D eigenvalue weighted by molar-refractivity contribution is 0.102. The average molecular weight is 304 g/mol. The van der Waals surface area contributed by atoms with E-state index >= 15 is 0 Å². The summed E-state index contributed by atoms with van der Waals surface area (Å²) in [6.45, 7) is 1.86. The SMILES string of the molecule is Cc1cc(Cl)ccc1NC(=O)c1cccc(/C(N)=N/O)c1. The Balaban J connectivity index is 2.24. The van der Waals surface area contributed by atoms with Crippen molar-refractivity contribution in [3.8, 4) is 0 Å². The first-order valence-electron chi connectivity index (χ1n) is 6.16. The smallest absolute Gasteiger partial charge is 0.255 e. The minimum absolute atomic E-state index is 0.0488. The lowest BCUT2D eigenvalue weighted by atomic mass is 10.1.